The first-order valence-electron chi connectivity index (χ1n) is 5.47. The highest BCUT2D eigenvalue weighted by atomic mass is 16.3. The van der Waals surface area contributed by atoms with Gasteiger partial charge in [-0.25, -0.2) is 9.97 Å². The van der Waals surface area contributed by atoms with Crippen LogP contribution in [0.1, 0.15) is 23.7 Å². The van der Waals surface area contributed by atoms with Crippen LogP contribution in [-0.4, -0.2) is 9.97 Å². The van der Waals surface area contributed by atoms with Crippen molar-refractivity contribution in [2.45, 2.75) is 26.7 Å². The predicted molar refractivity (Wildman–Crippen MR) is 63.1 cm³/mol. The Morgan fingerprint density at radius 2 is 2.12 bits per heavy atom. The monoisotopic (exact) mass is 227 g/mol. The SMILES string of the molecule is Cc1cc(-c2ccc(C)o2)nc(CCC#N)n1. The summed E-state index contributed by atoms with van der Waals surface area (Å²) in [6.45, 7) is 3.81. The lowest BCUT2D eigenvalue weighted by Gasteiger charge is -2.02. The van der Waals surface area contributed by atoms with Crippen molar-refractivity contribution in [2.75, 3.05) is 0 Å². The van der Waals surface area contributed by atoms with E-state index in [9.17, 15) is 0 Å². The van der Waals surface area contributed by atoms with Crippen LogP contribution in [-0.2, 0) is 6.42 Å². The van der Waals surface area contributed by atoms with Crippen LogP contribution in [0.15, 0.2) is 22.6 Å². The summed E-state index contributed by atoms with van der Waals surface area (Å²) < 4.78 is 5.53. The first-order valence-corrected chi connectivity index (χ1v) is 5.47. The van der Waals surface area contributed by atoms with Crippen molar-refractivity contribution in [1.82, 2.24) is 9.97 Å². The molecule has 2 heterocycles. The standard InChI is InChI=1S/C13H13N3O/c1-9-8-11(12-6-5-10(2)17-12)16-13(15-9)4-3-7-14/h5-6,8H,3-4H2,1-2H3. The second-order valence-electron chi connectivity index (χ2n) is 3.88. The molecule has 86 valence electrons. The van der Waals surface area contributed by atoms with Gasteiger partial charge < -0.3 is 4.42 Å². The molecule has 0 N–H and O–H groups in total. The molecule has 0 aliphatic heterocycles. The molecule has 4 heteroatoms. The van der Waals surface area contributed by atoms with Gasteiger partial charge in [0.25, 0.3) is 0 Å². The van der Waals surface area contributed by atoms with Crippen LogP contribution in [0.4, 0.5) is 0 Å². The van der Waals surface area contributed by atoms with Crippen molar-refractivity contribution in [2.24, 2.45) is 0 Å². The van der Waals surface area contributed by atoms with E-state index in [0.29, 0.717) is 18.7 Å². The molecule has 0 aliphatic carbocycles. The van der Waals surface area contributed by atoms with E-state index in [1.807, 2.05) is 32.0 Å². The molecule has 0 fully saturated rings. The van der Waals surface area contributed by atoms with Gasteiger partial charge in [0.05, 0.1) is 6.07 Å². The number of nitriles is 1. The minimum Gasteiger partial charge on any atom is -0.460 e. The number of hydrogen-bond donors (Lipinski definition) is 0. The van der Waals surface area contributed by atoms with Crippen LogP contribution < -0.4 is 0 Å². The zero-order valence-corrected chi connectivity index (χ0v) is 9.90. The van der Waals surface area contributed by atoms with Crippen molar-refractivity contribution in [3.05, 3.63) is 35.5 Å². The van der Waals surface area contributed by atoms with Crippen molar-refractivity contribution in [3.8, 4) is 17.5 Å². The minimum absolute atomic E-state index is 0.431. The molecule has 2 rings (SSSR count). The molecule has 0 bridgehead atoms. The Morgan fingerprint density at radius 1 is 1.29 bits per heavy atom. The van der Waals surface area contributed by atoms with Gasteiger partial charge in [0.2, 0.25) is 0 Å². The first-order chi connectivity index (χ1) is 8.19. The molecule has 0 amide bonds. The fourth-order valence-electron chi connectivity index (χ4n) is 1.61. The lowest BCUT2D eigenvalue weighted by atomic mass is 10.2. The highest BCUT2D eigenvalue weighted by molar-refractivity contribution is 5.52. The molecule has 0 atom stereocenters. The molecular formula is C13H13N3O. The third-order valence-corrected chi connectivity index (χ3v) is 2.35. The van der Waals surface area contributed by atoms with E-state index < -0.39 is 0 Å². The number of rotatable bonds is 3. The summed E-state index contributed by atoms with van der Waals surface area (Å²) in [6.07, 6.45) is 1.00. The fraction of sp³-hybridized carbons (Fsp3) is 0.308. The van der Waals surface area contributed by atoms with Gasteiger partial charge in [-0.3, -0.25) is 0 Å². The average Bonchev–Trinajstić information content (AvgIpc) is 2.72. The second kappa shape index (κ2) is 4.79. The summed E-state index contributed by atoms with van der Waals surface area (Å²) in [4.78, 5) is 8.70. The Labute approximate surface area is 99.9 Å². The van der Waals surface area contributed by atoms with Crippen molar-refractivity contribution < 1.29 is 4.42 Å². The van der Waals surface area contributed by atoms with Gasteiger partial charge in [0, 0.05) is 18.5 Å². The molecule has 4 nitrogen and oxygen atoms in total. The summed E-state index contributed by atoms with van der Waals surface area (Å²) in [7, 11) is 0. The molecule has 0 saturated heterocycles. The third-order valence-electron chi connectivity index (χ3n) is 2.35. The van der Waals surface area contributed by atoms with E-state index in [1.54, 1.807) is 0 Å². The highest BCUT2D eigenvalue weighted by Crippen LogP contribution is 2.20. The summed E-state index contributed by atoms with van der Waals surface area (Å²) in [5, 5.41) is 8.56. The maximum atomic E-state index is 8.56. The van der Waals surface area contributed by atoms with Crippen LogP contribution in [0.5, 0.6) is 0 Å². The second-order valence-corrected chi connectivity index (χ2v) is 3.88. The van der Waals surface area contributed by atoms with Gasteiger partial charge in [0.15, 0.2) is 5.76 Å². The van der Waals surface area contributed by atoms with Crippen molar-refractivity contribution in [1.29, 1.82) is 5.26 Å². The molecule has 2 aromatic rings. The molecule has 0 unspecified atom stereocenters. The van der Waals surface area contributed by atoms with Gasteiger partial charge in [-0.2, -0.15) is 5.26 Å². The van der Waals surface area contributed by atoms with Crippen LogP contribution in [0.2, 0.25) is 0 Å². The Morgan fingerprint density at radius 3 is 2.76 bits per heavy atom. The fourth-order valence-corrected chi connectivity index (χ4v) is 1.61. The molecule has 2 aromatic heterocycles. The normalized spacial score (nSPS) is 10.2. The predicted octanol–water partition coefficient (Wildman–Crippen LogP) is 2.81. The van der Waals surface area contributed by atoms with Crippen molar-refractivity contribution >= 4 is 0 Å². The average molecular weight is 227 g/mol. The summed E-state index contributed by atoms with van der Waals surface area (Å²) in [5.74, 6) is 2.29. The topological polar surface area (TPSA) is 62.7 Å². The number of aryl methyl sites for hydroxylation is 3. The van der Waals surface area contributed by atoms with Crippen LogP contribution in [0.3, 0.4) is 0 Å². The summed E-state index contributed by atoms with van der Waals surface area (Å²) >= 11 is 0. The van der Waals surface area contributed by atoms with E-state index in [4.69, 9.17) is 9.68 Å². The molecule has 0 aromatic carbocycles. The van der Waals surface area contributed by atoms with Gasteiger partial charge >= 0.3 is 0 Å². The Kier molecular flexibility index (Phi) is 3.20. The zero-order chi connectivity index (χ0) is 12.3. The van der Waals surface area contributed by atoms with E-state index >= 15 is 0 Å². The quantitative estimate of drug-likeness (QED) is 0.808. The molecule has 0 radical (unpaired) electrons. The van der Waals surface area contributed by atoms with Gasteiger partial charge in [0.1, 0.15) is 17.3 Å². The smallest absolute Gasteiger partial charge is 0.152 e. The molecule has 17 heavy (non-hydrogen) atoms. The number of furan rings is 1. The third kappa shape index (κ3) is 2.70. The van der Waals surface area contributed by atoms with Crippen molar-refractivity contribution in [3.63, 3.8) is 0 Å². The van der Waals surface area contributed by atoms with E-state index in [2.05, 4.69) is 16.0 Å². The molecule has 0 saturated carbocycles. The highest BCUT2D eigenvalue weighted by Gasteiger charge is 2.07. The Hall–Kier alpha value is -2.15. The van der Waals surface area contributed by atoms with Gasteiger partial charge in [-0.1, -0.05) is 0 Å². The van der Waals surface area contributed by atoms with Gasteiger partial charge in [-0.05, 0) is 32.0 Å². The lowest BCUT2D eigenvalue weighted by molar-refractivity contribution is 0.545. The Bertz CT molecular complexity index is 566. The maximum Gasteiger partial charge on any atom is 0.152 e. The van der Waals surface area contributed by atoms with Crippen LogP contribution >= 0.6 is 0 Å². The summed E-state index contributed by atoms with van der Waals surface area (Å²) in [6, 6.07) is 7.78. The van der Waals surface area contributed by atoms with Crippen LogP contribution in [0.25, 0.3) is 11.5 Å². The first kappa shape index (κ1) is 11.3. The van der Waals surface area contributed by atoms with Gasteiger partial charge in [-0.15, -0.1) is 0 Å². The lowest BCUT2D eigenvalue weighted by Crippen LogP contribution is -1.98. The summed E-state index contributed by atoms with van der Waals surface area (Å²) in [5.41, 5.74) is 1.66. The number of aromatic nitrogens is 2. The van der Waals surface area contributed by atoms with Crippen LogP contribution in [0, 0.1) is 25.2 Å². The largest absolute Gasteiger partial charge is 0.460 e. The minimum atomic E-state index is 0.431. The zero-order valence-electron chi connectivity index (χ0n) is 9.90. The maximum absolute atomic E-state index is 8.56. The molecule has 0 aliphatic rings. The van der Waals surface area contributed by atoms with E-state index in [-0.39, 0.29) is 0 Å². The molecule has 0 spiro atoms. The van der Waals surface area contributed by atoms with E-state index in [0.717, 1.165) is 22.9 Å². The van der Waals surface area contributed by atoms with E-state index in [1.165, 1.54) is 0 Å². The molecular weight excluding hydrogens is 214 g/mol. The number of nitrogens with zero attached hydrogens (tertiary/aromatic N) is 3. The number of hydrogen-bond acceptors (Lipinski definition) is 4. The Balaban J connectivity index is 2.35.